The van der Waals surface area contributed by atoms with E-state index in [0.29, 0.717) is 37.4 Å². The molecule has 0 bridgehead atoms. The van der Waals surface area contributed by atoms with Crippen molar-refractivity contribution in [3.63, 3.8) is 0 Å². The second-order valence-corrected chi connectivity index (χ2v) is 7.82. The quantitative estimate of drug-likeness (QED) is 0.495. The Morgan fingerprint density at radius 3 is 2.69 bits per heavy atom. The number of carbonyl (C=O) groups excluding carboxylic acids is 2. The number of β-amino-alcohol motifs (C(OH)–C–C–N with tert-alkyl or cyclic N) is 1. The highest BCUT2D eigenvalue weighted by Crippen LogP contribution is 2.32. The smallest absolute Gasteiger partial charge is 0.212 e. The van der Waals surface area contributed by atoms with Gasteiger partial charge in [0.1, 0.15) is 0 Å². The van der Waals surface area contributed by atoms with Gasteiger partial charge in [-0.15, -0.1) is 0 Å². The molecule has 2 fully saturated rings. The maximum absolute atomic E-state index is 12.0. The van der Waals surface area contributed by atoms with Crippen molar-refractivity contribution in [1.29, 1.82) is 0 Å². The summed E-state index contributed by atoms with van der Waals surface area (Å²) in [7, 11) is 3.23. The molecule has 4 atom stereocenters. The van der Waals surface area contributed by atoms with Gasteiger partial charge in [-0.25, -0.2) is 0 Å². The highest BCUT2D eigenvalue weighted by Gasteiger charge is 2.43. The number of likely N-dealkylation sites (tertiary alicyclic amines) is 1. The summed E-state index contributed by atoms with van der Waals surface area (Å²) in [4.78, 5) is 25.1. The second-order valence-electron chi connectivity index (χ2n) is 7.82. The van der Waals surface area contributed by atoms with Crippen molar-refractivity contribution in [2.24, 2.45) is 0 Å². The normalized spacial score (nSPS) is 27.6. The Hall–Kier alpha value is -1.96. The number of hydrogen-bond acceptors (Lipinski definition) is 7. The van der Waals surface area contributed by atoms with Gasteiger partial charge >= 0.3 is 0 Å². The van der Waals surface area contributed by atoms with Crippen molar-refractivity contribution in [3.05, 3.63) is 23.8 Å². The minimum absolute atomic E-state index is 0.00357. The zero-order valence-electron chi connectivity index (χ0n) is 17.2. The first-order valence-corrected chi connectivity index (χ1v) is 10.3. The molecule has 2 unspecified atom stereocenters. The van der Waals surface area contributed by atoms with Crippen molar-refractivity contribution in [2.45, 2.75) is 62.8 Å². The Labute approximate surface area is 171 Å². The lowest BCUT2D eigenvalue weighted by molar-refractivity contribution is -0.134. The van der Waals surface area contributed by atoms with Gasteiger partial charge in [0.15, 0.2) is 17.8 Å². The van der Waals surface area contributed by atoms with E-state index in [1.54, 1.807) is 14.2 Å². The molecule has 160 valence electrons. The number of Topliss-reactive ketones (excluding diaryl/α,β-unsaturated/α-hetero) is 1. The van der Waals surface area contributed by atoms with Gasteiger partial charge in [0.2, 0.25) is 5.78 Å². The van der Waals surface area contributed by atoms with Crippen molar-refractivity contribution in [1.82, 2.24) is 4.90 Å². The number of hydrogen-bond donors (Lipinski definition) is 1. The Balaban J connectivity index is 1.62. The maximum Gasteiger partial charge on any atom is 0.212 e. The molecule has 0 radical (unpaired) electrons. The van der Waals surface area contributed by atoms with E-state index in [9.17, 15) is 14.7 Å². The summed E-state index contributed by atoms with van der Waals surface area (Å²) in [5.74, 6) is 0.945. The number of benzene rings is 1. The van der Waals surface area contributed by atoms with Crippen molar-refractivity contribution < 1.29 is 28.9 Å². The predicted octanol–water partition coefficient (Wildman–Crippen LogP) is 1.78. The standard InChI is InChI=1S/C22H31NO6/c1-27-21-8-7-15(11-22(21)28-2)9-10-29-20-6-4-3-5-17(20)23-13-16(25)12-18(23)19(26)14-24/h7-8,11,14,16-18,20,25H,3-6,9-10,12-13H2,1-2H3/t16?,17-,18?,20-/m1/s1. The highest BCUT2D eigenvalue weighted by atomic mass is 16.5. The fourth-order valence-corrected chi connectivity index (χ4v) is 4.58. The van der Waals surface area contributed by atoms with Gasteiger partial charge < -0.3 is 19.3 Å². The van der Waals surface area contributed by atoms with E-state index in [1.165, 1.54) is 0 Å². The first-order valence-electron chi connectivity index (χ1n) is 10.3. The molecular weight excluding hydrogens is 374 g/mol. The lowest BCUT2D eigenvalue weighted by atomic mass is 9.90. The lowest BCUT2D eigenvalue weighted by Crippen LogP contribution is -2.51. The number of aliphatic hydroxyl groups excluding tert-OH is 1. The van der Waals surface area contributed by atoms with E-state index < -0.39 is 17.9 Å². The van der Waals surface area contributed by atoms with Gasteiger partial charge in [0.05, 0.1) is 39.1 Å². The molecule has 1 aliphatic heterocycles. The van der Waals surface area contributed by atoms with Crippen molar-refractivity contribution in [2.75, 3.05) is 27.4 Å². The van der Waals surface area contributed by atoms with Crippen LogP contribution in [0.5, 0.6) is 11.5 Å². The predicted molar refractivity (Wildman–Crippen MR) is 107 cm³/mol. The first-order chi connectivity index (χ1) is 14.1. The third kappa shape index (κ3) is 5.15. The molecule has 0 spiro atoms. The third-order valence-electron chi connectivity index (χ3n) is 6.03. The number of nitrogens with zero attached hydrogens (tertiary/aromatic N) is 1. The minimum atomic E-state index is -0.571. The van der Waals surface area contributed by atoms with Gasteiger partial charge in [-0.1, -0.05) is 18.9 Å². The molecule has 3 rings (SSSR count). The number of rotatable bonds is 9. The molecule has 0 amide bonds. The lowest BCUT2D eigenvalue weighted by Gasteiger charge is -2.39. The summed E-state index contributed by atoms with van der Waals surface area (Å²) in [6.07, 6.45) is 4.85. The summed E-state index contributed by atoms with van der Waals surface area (Å²) < 4.78 is 16.9. The molecule has 0 aromatic heterocycles. The molecule has 1 N–H and O–H groups in total. The zero-order valence-corrected chi connectivity index (χ0v) is 17.2. The fraction of sp³-hybridized carbons (Fsp3) is 0.636. The van der Waals surface area contributed by atoms with E-state index in [-0.39, 0.29) is 12.1 Å². The summed E-state index contributed by atoms with van der Waals surface area (Å²) in [5.41, 5.74) is 1.10. The van der Waals surface area contributed by atoms with Crippen LogP contribution in [0.4, 0.5) is 0 Å². The van der Waals surface area contributed by atoms with Crippen LogP contribution in [0.25, 0.3) is 0 Å². The molecule has 1 saturated carbocycles. The Morgan fingerprint density at radius 2 is 1.97 bits per heavy atom. The van der Waals surface area contributed by atoms with E-state index >= 15 is 0 Å². The fourth-order valence-electron chi connectivity index (χ4n) is 4.58. The van der Waals surface area contributed by atoms with Crippen LogP contribution in [-0.2, 0) is 20.7 Å². The highest BCUT2D eigenvalue weighted by molar-refractivity contribution is 6.27. The Bertz CT molecular complexity index is 709. The molecule has 1 saturated heterocycles. The molecule has 7 heteroatoms. The monoisotopic (exact) mass is 405 g/mol. The van der Waals surface area contributed by atoms with Gasteiger partial charge in [-0.2, -0.15) is 0 Å². The minimum Gasteiger partial charge on any atom is -0.493 e. The van der Waals surface area contributed by atoms with E-state index in [1.807, 2.05) is 23.1 Å². The second kappa shape index (κ2) is 10.2. The number of carbonyl (C=O) groups is 2. The van der Waals surface area contributed by atoms with E-state index in [0.717, 1.165) is 37.7 Å². The zero-order chi connectivity index (χ0) is 20.8. The molecule has 1 aromatic carbocycles. The number of ether oxygens (including phenoxy) is 3. The summed E-state index contributed by atoms with van der Waals surface area (Å²) in [5, 5.41) is 10.1. The SMILES string of the molecule is COc1ccc(CCO[C@@H]2CCCC[C@H]2N2CC(O)CC2C(=O)C=O)cc1OC. The Morgan fingerprint density at radius 1 is 1.21 bits per heavy atom. The van der Waals surface area contributed by atoms with Crippen LogP contribution in [0.2, 0.25) is 0 Å². The van der Waals surface area contributed by atoms with Gasteiger partial charge in [-0.3, -0.25) is 14.5 Å². The largest absolute Gasteiger partial charge is 0.493 e. The average molecular weight is 405 g/mol. The molecule has 29 heavy (non-hydrogen) atoms. The number of methoxy groups -OCH3 is 2. The van der Waals surface area contributed by atoms with Crippen LogP contribution in [-0.4, -0.2) is 73.7 Å². The third-order valence-corrected chi connectivity index (χ3v) is 6.03. The number of aliphatic hydroxyl groups is 1. The molecule has 1 aliphatic carbocycles. The first kappa shape index (κ1) is 21.7. The van der Waals surface area contributed by atoms with Gasteiger partial charge in [0.25, 0.3) is 0 Å². The summed E-state index contributed by atoms with van der Waals surface area (Å²) >= 11 is 0. The van der Waals surface area contributed by atoms with E-state index in [4.69, 9.17) is 14.2 Å². The van der Waals surface area contributed by atoms with Crippen molar-refractivity contribution >= 4 is 12.1 Å². The van der Waals surface area contributed by atoms with Crippen LogP contribution in [0.15, 0.2) is 18.2 Å². The molecule has 2 aliphatic rings. The van der Waals surface area contributed by atoms with E-state index in [2.05, 4.69) is 0 Å². The van der Waals surface area contributed by atoms with Crippen LogP contribution < -0.4 is 9.47 Å². The van der Waals surface area contributed by atoms with Crippen LogP contribution in [0, 0.1) is 0 Å². The average Bonchev–Trinajstić information content (AvgIpc) is 3.14. The number of ketones is 1. The van der Waals surface area contributed by atoms with Gasteiger partial charge in [0, 0.05) is 12.6 Å². The topological polar surface area (TPSA) is 85.3 Å². The number of aldehydes is 1. The molecule has 7 nitrogen and oxygen atoms in total. The molecule has 1 heterocycles. The molecular formula is C22H31NO6. The maximum atomic E-state index is 12.0. The van der Waals surface area contributed by atoms with Crippen LogP contribution in [0.1, 0.15) is 37.7 Å². The van der Waals surface area contributed by atoms with Gasteiger partial charge in [-0.05, 0) is 43.4 Å². The molecule has 1 aromatic rings. The van der Waals surface area contributed by atoms with Crippen LogP contribution >= 0.6 is 0 Å². The van der Waals surface area contributed by atoms with Crippen LogP contribution in [0.3, 0.4) is 0 Å². The summed E-state index contributed by atoms with van der Waals surface area (Å²) in [6.45, 7) is 0.976. The summed E-state index contributed by atoms with van der Waals surface area (Å²) in [6, 6.07) is 5.37. The van der Waals surface area contributed by atoms with Crippen molar-refractivity contribution in [3.8, 4) is 11.5 Å². The Kier molecular flexibility index (Phi) is 7.64.